The minimum absolute atomic E-state index is 0.456. The summed E-state index contributed by atoms with van der Waals surface area (Å²) < 4.78 is 0. The Kier molecular flexibility index (Phi) is 4.63. The maximum Gasteiger partial charge on any atom is 0.0336 e. The third-order valence-electron chi connectivity index (χ3n) is 4.37. The van der Waals surface area contributed by atoms with Gasteiger partial charge in [0.05, 0.1) is 0 Å². The molecule has 0 N–H and O–H groups in total. The first kappa shape index (κ1) is 14.2. The molecule has 0 amide bonds. The highest BCUT2D eigenvalue weighted by Crippen LogP contribution is 2.21. The molecule has 0 radical (unpaired) electrons. The van der Waals surface area contributed by atoms with E-state index in [1.54, 1.807) is 0 Å². The minimum atomic E-state index is 0.456. The molecule has 21 heavy (non-hydrogen) atoms. The summed E-state index contributed by atoms with van der Waals surface area (Å²) in [5.41, 5.74) is 2.72. The van der Waals surface area contributed by atoms with Crippen molar-refractivity contribution in [2.75, 3.05) is 26.2 Å². The van der Waals surface area contributed by atoms with Gasteiger partial charge in [-0.2, -0.15) is 0 Å². The van der Waals surface area contributed by atoms with Crippen LogP contribution in [-0.4, -0.2) is 41.0 Å². The van der Waals surface area contributed by atoms with Crippen molar-refractivity contribution in [2.45, 2.75) is 19.5 Å². The maximum absolute atomic E-state index is 4.23. The lowest BCUT2D eigenvalue weighted by molar-refractivity contribution is 0.0977. The molecule has 0 spiro atoms. The van der Waals surface area contributed by atoms with Gasteiger partial charge in [-0.15, -0.1) is 0 Å². The van der Waals surface area contributed by atoms with Crippen molar-refractivity contribution in [1.29, 1.82) is 0 Å². The van der Waals surface area contributed by atoms with Crippen LogP contribution in [0.1, 0.15) is 24.1 Å². The van der Waals surface area contributed by atoms with E-state index in [0.717, 1.165) is 32.7 Å². The number of nitrogens with zero attached hydrogens (tertiary/aromatic N) is 3. The third-order valence-corrected chi connectivity index (χ3v) is 4.37. The molecule has 3 rings (SSSR count). The molecule has 1 aromatic carbocycles. The van der Waals surface area contributed by atoms with Gasteiger partial charge >= 0.3 is 0 Å². The number of rotatable bonds is 4. The van der Waals surface area contributed by atoms with Crippen molar-refractivity contribution >= 4 is 0 Å². The molecule has 3 heteroatoms. The van der Waals surface area contributed by atoms with Crippen molar-refractivity contribution in [3.63, 3.8) is 0 Å². The standard InChI is InChI=1S/C18H23N3/c1-16(18-8-5-9-19-14-18)21-12-10-20(11-13-21)15-17-6-3-2-4-7-17/h2-9,14,16H,10-13,15H2,1H3/t16-/m0/s1. The van der Waals surface area contributed by atoms with Crippen molar-refractivity contribution in [2.24, 2.45) is 0 Å². The summed E-state index contributed by atoms with van der Waals surface area (Å²) in [5.74, 6) is 0. The predicted molar refractivity (Wildman–Crippen MR) is 85.9 cm³/mol. The van der Waals surface area contributed by atoms with Gasteiger partial charge in [-0.25, -0.2) is 0 Å². The number of aromatic nitrogens is 1. The Bertz CT molecular complexity index is 533. The summed E-state index contributed by atoms with van der Waals surface area (Å²) in [6, 6.07) is 15.4. The Hall–Kier alpha value is -1.71. The van der Waals surface area contributed by atoms with Gasteiger partial charge in [0.2, 0.25) is 0 Å². The molecule has 0 bridgehead atoms. The average molecular weight is 281 g/mol. The monoisotopic (exact) mass is 281 g/mol. The maximum atomic E-state index is 4.23. The molecule has 0 unspecified atom stereocenters. The summed E-state index contributed by atoms with van der Waals surface area (Å²) in [7, 11) is 0. The smallest absolute Gasteiger partial charge is 0.0336 e. The molecule has 1 aliphatic rings. The van der Waals surface area contributed by atoms with Crippen LogP contribution in [0.4, 0.5) is 0 Å². The van der Waals surface area contributed by atoms with E-state index in [1.807, 2.05) is 18.5 Å². The van der Waals surface area contributed by atoms with E-state index in [2.05, 4.69) is 58.1 Å². The lowest BCUT2D eigenvalue weighted by Gasteiger charge is -2.38. The second-order valence-electron chi connectivity index (χ2n) is 5.76. The molecule has 1 aromatic heterocycles. The van der Waals surface area contributed by atoms with Crippen LogP contribution in [0, 0.1) is 0 Å². The number of pyridine rings is 1. The molecule has 1 saturated heterocycles. The number of piperazine rings is 1. The second-order valence-corrected chi connectivity index (χ2v) is 5.76. The van der Waals surface area contributed by atoms with E-state index in [1.165, 1.54) is 11.1 Å². The molecule has 1 aliphatic heterocycles. The Balaban J connectivity index is 1.53. The molecular formula is C18H23N3. The minimum Gasteiger partial charge on any atom is -0.297 e. The van der Waals surface area contributed by atoms with Crippen molar-refractivity contribution in [3.8, 4) is 0 Å². The van der Waals surface area contributed by atoms with Crippen molar-refractivity contribution in [1.82, 2.24) is 14.8 Å². The van der Waals surface area contributed by atoms with E-state index in [-0.39, 0.29) is 0 Å². The third kappa shape index (κ3) is 3.69. The zero-order valence-electron chi connectivity index (χ0n) is 12.7. The highest BCUT2D eigenvalue weighted by Gasteiger charge is 2.21. The van der Waals surface area contributed by atoms with Crippen LogP contribution in [-0.2, 0) is 6.54 Å². The first-order valence-corrected chi connectivity index (χ1v) is 7.73. The predicted octanol–water partition coefficient (Wildman–Crippen LogP) is 2.96. The second kappa shape index (κ2) is 6.83. The van der Waals surface area contributed by atoms with Crippen molar-refractivity contribution in [3.05, 3.63) is 66.0 Å². The lowest BCUT2D eigenvalue weighted by Crippen LogP contribution is -2.46. The van der Waals surface area contributed by atoms with Gasteiger partial charge in [-0.1, -0.05) is 36.4 Å². The van der Waals surface area contributed by atoms with E-state index >= 15 is 0 Å². The van der Waals surface area contributed by atoms with Crippen LogP contribution >= 0.6 is 0 Å². The zero-order valence-corrected chi connectivity index (χ0v) is 12.7. The van der Waals surface area contributed by atoms with Gasteiger partial charge in [-0.3, -0.25) is 14.8 Å². The number of hydrogen-bond acceptors (Lipinski definition) is 3. The molecule has 0 aliphatic carbocycles. The fraction of sp³-hybridized carbons (Fsp3) is 0.389. The van der Waals surface area contributed by atoms with Gasteiger partial charge in [-0.05, 0) is 24.1 Å². The van der Waals surface area contributed by atoms with Crippen LogP contribution in [0.5, 0.6) is 0 Å². The van der Waals surface area contributed by atoms with Crippen molar-refractivity contribution < 1.29 is 0 Å². The fourth-order valence-electron chi connectivity index (χ4n) is 2.98. The molecular weight excluding hydrogens is 258 g/mol. The molecule has 2 aromatic rings. The molecule has 1 atom stereocenters. The van der Waals surface area contributed by atoms with Crippen LogP contribution in [0.15, 0.2) is 54.9 Å². The molecule has 110 valence electrons. The lowest BCUT2D eigenvalue weighted by atomic mass is 10.1. The van der Waals surface area contributed by atoms with Gasteiger partial charge in [0.25, 0.3) is 0 Å². The zero-order chi connectivity index (χ0) is 14.5. The molecule has 1 fully saturated rings. The Morgan fingerprint density at radius 1 is 1.00 bits per heavy atom. The highest BCUT2D eigenvalue weighted by atomic mass is 15.3. The number of hydrogen-bond donors (Lipinski definition) is 0. The topological polar surface area (TPSA) is 19.4 Å². The van der Waals surface area contributed by atoms with E-state index in [4.69, 9.17) is 0 Å². The summed E-state index contributed by atoms with van der Waals surface area (Å²) in [6.45, 7) is 7.88. The van der Waals surface area contributed by atoms with Gasteiger partial charge in [0.1, 0.15) is 0 Å². The van der Waals surface area contributed by atoms with Gasteiger partial charge < -0.3 is 0 Å². The molecule has 0 saturated carbocycles. The first-order valence-electron chi connectivity index (χ1n) is 7.73. The Morgan fingerprint density at radius 3 is 2.43 bits per heavy atom. The van der Waals surface area contributed by atoms with Gasteiger partial charge in [0, 0.05) is 51.2 Å². The Morgan fingerprint density at radius 2 is 1.76 bits per heavy atom. The summed E-state index contributed by atoms with van der Waals surface area (Å²) in [6.07, 6.45) is 3.83. The largest absolute Gasteiger partial charge is 0.297 e. The molecule has 3 nitrogen and oxygen atoms in total. The van der Waals surface area contributed by atoms with E-state index in [0.29, 0.717) is 6.04 Å². The Labute approximate surface area is 127 Å². The number of benzene rings is 1. The molecule has 2 heterocycles. The summed E-state index contributed by atoms with van der Waals surface area (Å²) >= 11 is 0. The van der Waals surface area contributed by atoms with Crippen LogP contribution in [0.3, 0.4) is 0 Å². The van der Waals surface area contributed by atoms with E-state index < -0.39 is 0 Å². The van der Waals surface area contributed by atoms with Gasteiger partial charge in [0.15, 0.2) is 0 Å². The SMILES string of the molecule is C[C@@H](c1cccnc1)N1CCN(Cc2ccccc2)CC1. The normalized spacial score (nSPS) is 18.5. The van der Waals surface area contributed by atoms with Crippen LogP contribution in [0.25, 0.3) is 0 Å². The summed E-state index contributed by atoms with van der Waals surface area (Å²) in [4.78, 5) is 9.33. The van der Waals surface area contributed by atoms with Crippen LogP contribution in [0.2, 0.25) is 0 Å². The van der Waals surface area contributed by atoms with E-state index in [9.17, 15) is 0 Å². The van der Waals surface area contributed by atoms with Crippen LogP contribution < -0.4 is 0 Å². The average Bonchev–Trinajstić information content (AvgIpc) is 2.57. The fourth-order valence-corrected chi connectivity index (χ4v) is 2.98. The quantitative estimate of drug-likeness (QED) is 0.859. The summed E-state index contributed by atoms with van der Waals surface area (Å²) in [5, 5.41) is 0. The first-order chi connectivity index (χ1) is 10.3. The highest BCUT2D eigenvalue weighted by molar-refractivity contribution is 5.15.